The minimum absolute atomic E-state index is 0.423. The second-order valence-electron chi connectivity index (χ2n) is 4.07. The van der Waals surface area contributed by atoms with Crippen LogP contribution in [0.3, 0.4) is 0 Å². The van der Waals surface area contributed by atoms with Crippen molar-refractivity contribution in [2.45, 2.75) is 19.8 Å². The Hall–Kier alpha value is -1.70. The van der Waals surface area contributed by atoms with E-state index in [1.807, 2.05) is 6.08 Å². The van der Waals surface area contributed by atoms with E-state index in [1.54, 1.807) is 0 Å². The number of aliphatic hydroxyl groups is 1. The van der Waals surface area contributed by atoms with Crippen LogP contribution in [0.4, 0.5) is 5.69 Å². The Kier molecular flexibility index (Phi) is 3.00. The molecule has 0 aromatic heterocycles. The maximum atomic E-state index is 9.54. The van der Waals surface area contributed by atoms with Gasteiger partial charge >= 0.3 is 0 Å². The topological polar surface area (TPSA) is 23.5 Å². The van der Waals surface area contributed by atoms with Crippen molar-refractivity contribution in [1.82, 2.24) is 0 Å². The van der Waals surface area contributed by atoms with Crippen LogP contribution in [-0.2, 0) is 6.42 Å². The van der Waals surface area contributed by atoms with Crippen LogP contribution in [0.15, 0.2) is 48.4 Å². The molecule has 1 aromatic rings. The zero-order valence-corrected chi connectivity index (χ0v) is 9.61. The normalized spacial score (nSPS) is 16.2. The number of aliphatic hydroxyl groups excluding tert-OH is 1. The van der Waals surface area contributed by atoms with Gasteiger partial charge in [0.25, 0.3) is 0 Å². The number of hydrogen-bond donors (Lipinski definition) is 1. The van der Waals surface area contributed by atoms with E-state index < -0.39 is 0 Å². The maximum absolute atomic E-state index is 9.54. The van der Waals surface area contributed by atoms with Gasteiger partial charge in [-0.3, -0.25) is 0 Å². The summed E-state index contributed by atoms with van der Waals surface area (Å²) in [6, 6.07) is 8.42. The molecule has 0 saturated carbocycles. The number of hydrogen-bond acceptors (Lipinski definition) is 2. The highest BCUT2D eigenvalue weighted by atomic mass is 16.3. The molecule has 0 radical (unpaired) electrons. The summed E-state index contributed by atoms with van der Waals surface area (Å²) in [6.07, 6.45) is 3.59. The first-order valence-corrected chi connectivity index (χ1v) is 5.63. The zero-order valence-electron chi connectivity index (χ0n) is 9.61. The Morgan fingerprint density at radius 3 is 2.62 bits per heavy atom. The van der Waals surface area contributed by atoms with Gasteiger partial charge in [0.15, 0.2) is 0 Å². The van der Waals surface area contributed by atoms with Gasteiger partial charge in [0.05, 0.1) is 6.54 Å². The fourth-order valence-corrected chi connectivity index (χ4v) is 1.87. The number of anilines is 1. The van der Waals surface area contributed by atoms with Gasteiger partial charge in [-0.1, -0.05) is 25.6 Å². The molecule has 0 spiro atoms. The van der Waals surface area contributed by atoms with E-state index in [2.05, 4.69) is 42.7 Å². The van der Waals surface area contributed by atoms with Crippen molar-refractivity contribution in [3.8, 4) is 0 Å². The summed E-state index contributed by atoms with van der Waals surface area (Å²) in [5.41, 5.74) is 3.45. The van der Waals surface area contributed by atoms with Gasteiger partial charge in [-0.25, -0.2) is 0 Å². The van der Waals surface area contributed by atoms with Crippen LogP contribution >= 0.6 is 0 Å². The lowest BCUT2D eigenvalue weighted by Crippen LogP contribution is -2.27. The lowest BCUT2D eigenvalue weighted by atomic mass is 10.1. The van der Waals surface area contributed by atoms with Gasteiger partial charge in [-0.2, -0.15) is 0 Å². The molecule has 0 amide bonds. The van der Waals surface area contributed by atoms with Crippen molar-refractivity contribution in [3.05, 3.63) is 53.9 Å². The van der Waals surface area contributed by atoms with Gasteiger partial charge in [-0.05, 0) is 30.2 Å². The van der Waals surface area contributed by atoms with Crippen LogP contribution in [0, 0.1) is 0 Å². The highest BCUT2D eigenvalue weighted by Gasteiger charge is 2.15. The average molecular weight is 215 g/mol. The van der Waals surface area contributed by atoms with Crippen molar-refractivity contribution in [2.75, 3.05) is 11.4 Å². The minimum atomic E-state index is 0.423. The molecule has 0 saturated heterocycles. The molecule has 2 nitrogen and oxygen atoms in total. The van der Waals surface area contributed by atoms with Gasteiger partial charge in [0.1, 0.15) is 5.76 Å². The fraction of sp³-hybridized carbons (Fsp3) is 0.286. The highest BCUT2D eigenvalue weighted by Crippen LogP contribution is 2.25. The molecule has 0 aliphatic carbocycles. The molecule has 1 aliphatic rings. The van der Waals surface area contributed by atoms with Crippen LogP contribution in [0.5, 0.6) is 0 Å². The summed E-state index contributed by atoms with van der Waals surface area (Å²) in [5, 5.41) is 9.54. The van der Waals surface area contributed by atoms with E-state index >= 15 is 0 Å². The van der Waals surface area contributed by atoms with Gasteiger partial charge < -0.3 is 10.0 Å². The molecule has 1 aliphatic heterocycles. The lowest BCUT2D eigenvalue weighted by molar-refractivity contribution is 0.394. The minimum Gasteiger partial charge on any atom is -0.511 e. The second kappa shape index (κ2) is 4.44. The first kappa shape index (κ1) is 10.8. The van der Waals surface area contributed by atoms with Crippen molar-refractivity contribution < 1.29 is 5.11 Å². The number of rotatable bonds is 2. The third kappa shape index (κ3) is 2.11. The Bertz CT molecular complexity index is 417. The predicted octanol–water partition coefficient (Wildman–Crippen LogP) is 3.41. The Labute approximate surface area is 96.5 Å². The predicted molar refractivity (Wildman–Crippen MR) is 67.6 cm³/mol. The SMILES string of the molecule is C=C1CC=C(O)CN1c1ccc(CC)cc1. The molecule has 84 valence electrons. The summed E-state index contributed by atoms with van der Waals surface area (Å²) in [4.78, 5) is 2.05. The molecule has 16 heavy (non-hydrogen) atoms. The summed E-state index contributed by atoms with van der Waals surface area (Å²) >= 11 is 0. The van der Waals surface area contributed by atoms with Crippen molar-refractivity contribution >= 4 is 5.69 Å². The monoisotopic (exact) mass is 215 g/mol. The largest absolute Gasteiger partial charge is 0.511 e. The molecule has 0 unspecified atom stereocenters. The van der Waals surface area contributed by atoms with Gasteiger partial charge in [0.2, 0.25) is 0 Å². The van der Waals surface area contributed by atoms with E-state index in [9.17, 15) is 5.11 Å². The molecular formula is C14H17NO. The number of benzene rings is 1. The van der Waals surface area contributed by atoms with Crippen LogP contribution in [0.2, 0.25) is 0 Å². The first-order chi connectivity index (χ1) is 7.70. The number of nitrogens with zero attached hydrogens (tertiary/aromatic N) is 1. The van der Waals surface area contributed by atoms with Crippen LogP contribution < -0.4 is 4.90 Å². The van der Waals surface area contributed by atoms with Gasteiger partial charge in [0, 0.05) is 17.8 Å². The van der Waals surface area contributed by atoms with Gasteiger partial charge in [-0.15, -0.1) is 0 Å². The summed E-state index contributed by atoms with van der Waals surface area (Å²) in [7, 11) is 0. The Morgan fingerprint density at radius 2 is 2.00 bits per heavy atom. The number of aryl methyl sites for hydroxylation is 1. The smallest absolute Gasteiger partial charge is 0.108 e. The molecule has 0 bridgehead atoms. The summed E-state index contributed by atoms with van der Waals surface area (Å²) in [5.74, 6) is 0.423. The quantitative estimate of drug-likeness (QED) is 0.817. The van der Waals surface area contributed by atoms with Crippen LogP contribution in [0.25, 0.3) is 0 Å². The van der Waals surface area contributed by atoms with E-state index in [4.69, 9.17) is 0 Å². The molecule has 2 heteroatoms. The third-order valence-corrected chi connectivity index (χ3v) is 2.93. The van der Waals surface area contributed by atoms with Crippen LogP contribution in [0.1, 0.15) is 18.9 Å². The van der Waals surface area contributed by atoms with E-state index in [0.29, 0.717) is 12.3 Å². The summed E-state index contributed by atoms with van der Waals surface area (Å²) in [6.45, 7) is 6.69. The molecule has 0 atom stereocenters. The molecule has 1 aromatic carbocycles. The summed E-state index contributed by atoms with van der Waals surface area (Å²) < 4.78 is 0. The Balaban J connectivity index is 2.23. The first-order valence-electron chi connectivity index (χ1n) is 5.63. The highest BCUT2D eigenvalue weighted by molar-refractivity contribution is 5.54. The van der Waals surface area contributed by atoms with E-state index in [1.165, 1.54) is 5.56 Å². The van der Waals surface area contributed by atoms with Crippen molar-refractivity contribution in [3.63, 3.8) is 0 Å². The number of allylic oxidation sites excluding steroid dienone is 1. The van der Waals surface area contributed by atoms with E-state index in [0.717, 1.165) is 24.2 Å². The average Bonchev–Trinajstić information content (AvgIpc) is 2.32. The second-order valence-corrected chi connectivity index (χ2v) is 4.07. The Morgan fingerprint density at radius 1 is 1.31 bits per heavy atom. The van der Waals surface area contributed by atoms with E-state index in [-0.39, 0.29) is 0 Å². The fourth-order valence-electron chi connectivity index (χ4n) is 1.87. The zero-order chi connectivity index (χ0) is 11.5. The van der Waals surface area contributed by atoms with Crippen LogP contribution in [-0.4, -0.2) is 11.7 Å². The van der Waals surface area contributed by atoms with Crippen molar-refractivity contribution in [2.24, 2.45) is 0 Å². The third-order valence-electron chi connectivity index (χ3n) is 2.93. The lowest BCUT2D eigenvalue weighted by Gasteiger charge is -2.29. The van der Waals surface area contributed by atoms with Crippen molar-refractivity contribution in [1.29, 1.82) is 0 Å². The maximum Gasteiger partial charge on any atom is 0.108 e. The molecule has 1 N–H and O–H groups in total. The molecule has 0 fully saturated rings. The molecule has 2 rings (SSSR count). The molecular weight excluding hydrogens is 198 g/mol. The molecule has 1 heterocycles. The standard InChI is InChI=1S/C14H17NO/c1-3-12-5-7-13(8-6-12)15-10-14(16)9-4-11(15)2/h5-9,16H,2-4,10H2,1H3.